The topological polar surface area (TPSA) is 60.9 Å². The van der Waals surface area contributed by atoms with E-state index in [1.54, 1.807) is 0 Å². The van der Waals surface area contributed by atoms with Gasteiger partial charge in [0.05, 0.1) is 5.69 Å². The molecule has 1 aliphatic heterocycles. The number of fused-ring (bicyclic) bond motifs is 1. The number of rotatable bonds is 1. The van der Waals surface area contributed by atoms with Crippen molar-refractivity contribution in [3.05, 3.63) is 17.2 Å². The molecule has 0 fully saturated rings. The third kappa shape index (κ3) is 1.22. The van der Waals surface area contributed by atoms with Gasteiger partial charge in [0.2, 0.25) is 0 Å². The van der Waals surface area contributed by atoms with Crippen molar-refractivity contribution >= 4 is 5.91 Å². The summed E-state index contributed by atoms with van der Waals surface area (Å²) in [6, 6.07) is 0. The molecule has 14 heavy (non-hydrogen) atoms. The summed E-state index contributed by atoms with van der Waals surface area (Å²) < 4.78 is 2.12. The summed E-state index contributed by atoms with van der Waals surface area (Å²) in [5.74, 6) is 0.892. The minimum atomic E-state index is -0.407. The molecular formula is C10H15N3O. The van der Waals surface area contributed by atoms with Crippen LogP contribution in [0.15, 0.2) is 0 Å². The van der Waals surface area contributed by atoms with Gasteiger partial charge in [-0.25, -0.2) is 4.98 Å². The van der Waals surface area contributed by atoms with Gasteiger partial charge in [-0.2, -0.15) is 0 Å². The van der Waals surface area contributed by atoms with E-state index in [4.69, 9.17) is 5.73 Å². The number of imidazole rings is 1. The molecule has 1 aromatic heterocycles. The molecule has 4 heteroatoms. The molecule has 0 spiro atoms. The van der Waals surface area contributed by atoms with E-state index < -0.39 is 5.91 Å². The van der Waals surface area contributed by atoms with E-state index in [1.807, 2.05) is 6.92 Å². The van der Waals surface area contributed by atoms with Crippen molar-refractivity contribution in [2.24, 2.45) is 5.73 Å². The first-order valence-corrected chi connectivity index (χ1v) is 4.98. The molecule has 0 radical (unpaired) electrons. The molecule has 76 valence electrons. The molecule has 2 heterocycles. The van der Waals surface area contributed by atoms with Gasteiger partial charge in [-0.05, 0) is 25.7 Å². The minimum absolute atomic E-state index is 0.396. The van der Waals surface area contributed by atoms with E-state index in [2.05, 4.69) is 16.5 Å². The normalized spacial score (nSPS) is 20.6. The molecule has 0 bridgehead atoms. The van der Waals surface area contributed by atoms with E-state index in [-0.39, 0.29) is 0 Å². The van der Waals surface area contributed by atoms with Crippen molar-refractivity contribution in [2.75, 3.05) is 0 Å². The first kappa shape index (κ1) is 9.24. The molecule has 2 rings (SSSR count). The molecule has 1 amide bonds. The number of aromatic nitrogens is 2. The van der Waals surface area contributed by atoms with Gasteiger partial charge in [-0.1, -0.05) is 6.92 Å². The Balaban J connectivity index is 2.59. The number of hydrogen-bond donors (Lipinski definition) is 1. The number of primary amides is 1. The fourth-order valence-corrected chi connectivity index (χ4v) is 2.24. The molecule has 0 aromatic carbocycles. The number of carbonyl (C=O) groups excluding carboxylic acids is 1. The number of nitrogens with two attached hydrogens (primary N) is 1. The van der Waals surface area contributed by atoms with Crippen molar-refractivity contribution in [1.82, 2.24) is 9.55 Å². The van der Waals surface area contributed by atoms with Gasteiger partial charge >= 0.3 is 0 Å². The van der Waals surface area contributed by atoms with Crippen molar-refractivity contribution in [2.45, 2.75) is 39.2 Å². The molecule has 4 nitrogen and oxygen atoms in total. The zero-order valence-electron chi connectivity index (χ0n) is 8.58. The zero-order chi connectivity index (χ0) is 10.3. The highest BCUT2D eigenvalue weighted by atomic mass is 16.1. The Labute approximate surface area is 83.1 Å². The summed E-state index contributed by atoms with van der Waals surface area (Å²) in [6.45, 7) is 5.01. The maximum absolute atomic E-state index is 11.2. The van der Waals surface area contributed by atoms with Gasteiger partial charge < -0.3 is 10.3 Å². The maximum Gasteiger partial charge on any atom is 0.269 e. The summed E-state index contributed by atoms with van der Waals surface area (Å²) in [6.07, 6.45) is 2.27. The lowest BCUT2D eigenvalue weighted by atomic mass is 9.96. The summed E-state index contributed by atoms with van der Waals surface area (Å²) in [5, 5.41) is 0. The van der Waals surface area contributed by atoms with Gasteiger partial charge in [0.1, 0.15) is 11.5 Å². The van der Waals surface area contributed by atoms with Crippen LogP contribution >= 0.6 is 0 Å². The molecule has 2 N–H and O–H groups in total. The fraction of sp³-hybridized carbons (Fsp3) is 0.600. The van der Waals surface area contributed by atoms with Crippen LogP contribution in [-0.2, 0) is 6.54 Å². The van der Waals surface area contributed by atoms with Crippen molar-refractivity contribution < 1.29 is 4.79 Å². The van der Waals surface area contributed by atoms with E-state index in [9.17, 15) is 4.79 Å². The summed E-state index contributed by atoms with van der Waals surface area (Å²) in [7, 11) is 0. The van der Waals surface area contributed by atoms with Gasteiger partial charge in [0.15, 0.2) is 0 Å². The Morgan fingerprint density at radius 1 is 1.64 bits per heavy atom. The first-order valence-electron chi connectivity index (χ1n) is 4.98. The van der Waals surface area contributed by atoms with Crippen molar-refractivity contribution in [3.8, 4) is 0 Å². The highest BCUT2D eigenvalue weighted by Crippen LogP contribution is 2.30. The van der Waals surface area contributed by atoms with Crippen molar-refractivity contribution in [1.29, 1.82) is 0 Å². The van der Waals surface area contributed by atoms with Crippen LogP contribution in [0.3, 0.4) is 0 Å². The maximum atomic E-state index is 11.2. The second-order valence-electron chi connectivity index (χ2n) is 3.95. The van der Waals surface area contributed by atoms with E-state index in [1.165, 1.54) is 0 Å². The summed E-state index contributed by atoms with van der Waals surface area (Å²) >= 11 is 0. The molecular weight excluding hydrogens is 178 g/mol. The van der Waals surface area contributed by atoms with E-state index in [0.29, 0.717) is 11.6 Å². The van der Waals surface area contributed by atoms with Gasteiger partial charge in [-0.3, -0.25) is 4.79 Å². The molecule has 1 aliphatic rings. The van der Waals surface area contributed by atoms with Crippen LogP contribution in [0.1, 0.15) is 47.7 Å². The lowest BCUT2D eigenvalue weighted by Gasteiger charge is -2.22. The smallest absolute Gasteiger partial charge is 0.269 e. The number of carbonyl (C=O) groups is 1. The van der Waals surface area contributed by atoms with E-state index in [0.717, 1.165) is 30.9 Å². The monoisotopic (exact) mass is 193 g/mol. The Bertz CT molecular complexity index is 381. The number of nitrogens with zero attached hydrogens (tertiary/aromatic N) is 2. The van der Waals surface area contributed by atoms with Crippen LogP contribution in [0.5, 0.6) is 0 Å². The predicted molar refractivity (Wildman–Crippen MR) is 53.1 cm³/mol. The molecule has 0 saturated carbocycles. The molecule has 0 aliphatic carbocycles. The van der Waals surface area contributed by atoms with Gasteiger partial charge in [-0.15, -0.1) is 0 Å². The largest absolute Gasteiger partial charge is 0.364 e. The van der Waals surface area contributed by atoms with Crippen LogP contribution in [0.4, 0.5) is 0 Å². The summed E-state index contributed by atoms with van der Waals surface area (Å²) in [5.41, 5.74) is 6.79. The molecule has 1 atom stereocenters. The minimum Gasteiger partial charge on any atom is -0.364 e. The Hall–Kier alpha value is -1.32. The average Bonchev–Trinajstić information content (AvgIpc) is 2.46. The highest BCUT2D eigenvalue weighted by Gasteiger charge is 2.25. The summed E-state index contributed by atoms with van der Waals surface area (Å²) in [4.78, 5) is 15.4. The molecule has 1 unspecified atom stereocenters. The van der Waals surface area contributed by atoms with Gasteiger partial charge in [0.25, 0.3) is 5.91 Å². The van der Waals surface area contributed by atoms with Crippen LogP contribution in [0.25, 0.3) is 0 Å². The SMILES string of the molecule is Cc1nc(C(N)=O)c2n1CCCC2C. The standard InChI is InChI=1S/C10H15N3O/c1-6-4-3-5-13-7(2)12-8(9(6)13)10(11)14/h6H,3-5H2,1-2H3,(H2,11,14). The first-order chi connectivity index (χ1) is 6.61. The third-order valence-electron chi connectivity index (χ3n) is 2.92. The van der Waals surface area contributed by atoms with Crippen molar-refractivity contribution in [3.63, 3.8) is 0 Å². The van der Waals surface area contributed by atoms with Gasteiger partial charge in [0, 0.05) is 6.54 Å². The second-order valence-corrected chi connectivity index (χ2v) is 3.95. The molecule has 1 aromatic rings. The third-order valence-corrected chi connectivity index (χ3v) is 2.92. The quantitative estimate of drug-likeness (QED) is 0.728. The van der Waals surface area contributed by atoms with E-state index >= 15 is 0 Å². The predicted octanol–water partition coefficient (Wildman–Crippen LogP) is 1.19. The lowest BCUT2D eigenvalue weighted by molar-refractivity contribution is 0.0994. The lowest BCUT2D eigenvalue weighted by Crippen LogP contribution is -2.19. The Morgan fingerprint density at radius 3 is 3.00 bits per heavy atom. The molecule has 0 saturated heterocycles. The fourth-order valence-electron chi connectivity index (χ4n) is 2.24. The Kier molecular flexibility index (Phi) is 2.06. The highest BCUT2D eigenvalue weighted by molar-refractivity contribution is 5.92. The average molecular weight is 193 g/mol. The second kappa shape index (κ2) is 3.12. The zero-order valence-corrected chi connectivity index (χ0v) is 8.58. The Morgan fingerprint density at radius 2 is 2.36 bits per heavy atom. The van der Waals surface area contributed by atoms with Crippen LogP contribution < -0.4 is 5.73 Å². The van der Waals surface area contributed by atoms with Crippen LogP contribution in [0, 0.1) is 6.92 Å². The number of amides is 1. The van der Waals surface area contributed by atoms with Crippen LogP contribution in [0.2, 0.25) is 0 Å². The number of hydrogen-bond acceptors (Lipinski definition) is 2. The number of aryl methyl sites for hydroxylation is 1. The van der Waals surface area contributed by atoms with Crippen LogP contribution in [-0.4, -0.2) is 15.5 Å².